The van der Waals surface area contributed by atoms with Crippen LogP contribution in [0.3, 0.4) is 0 Å². The quantitative estimate of drug-likeness (QED) is 0.639. The summed E-state index contributed by atoms with van der Waals surface area (Å²) in [7, 11) is 1.72. The second kappa shape index (κ2) is 8.10. The van der Waals surface area contributed by atoms with Gasteiger partial charge in [0.1, 0.15) is 11.6 Å². The molecule has 9 heteroatoms. The molecule has 0 bridgehead atoms. The summed E-state index contributed by atoms with van der Waals surface area (Å²) in [6, 6.07) is 9.26. The average Bonchev–Trinajstić information content (AvgIpc) is 3.34. The second-order valence-corrected chi connectivity index (χ2v) is 7.26. The van der Waals surface area contributed by atoms with Crippen molar-refractivity contribution in [3.05, 3.63) is 77.9 Å². The summed E-state index contributed by atoms with van der Waals surface area (Å²) in [6.45, 7) is -0.0110. The minimum Gasteiger partial charge on any atom is -0.331 e. The summed E-state index contributed by atoms with van der Waals surface area (Å²) >= 11 is 0. The normalized spacial score (nSPS) is 15.9. The topological polar surface area (TPSA) is 84.3 Å². The van der Waals surface area contributed by atoms with Gasteiger partial charge in [-0.05, 0) is 36.4 Å². The lowest BCUT2D eigenvalue weighted by Gasteiger charge is -2.17. The van der Waals surface area contributed by atoms with E-state index in [0.717, 1.165) is 11.0 Å². The highest BCUT2D eigenvalue weighted by atomic mass is 19.1. The Kier molecular flexibility index (Phi) is 5.33. The molecule has 0 aliphatic carbocycles. The maximum absolute atomic E-state index is 14.0. The van der Waals surface area contributed by atoms with Crippen molar-refractivity contribution in [1.29, 1.82) is 0 Å². The molecular formula is C22H18F2N4O3. The first kappa shape index (κ1) is 20.4. The summed E-state index contributed by atoms with van der Waals surface area (Å²) in [4.78, 5) is 42.5. The Labute approximate surface area is 176 Å². The number of rotatable bonds is 5. The fourth-order valence-electron chi connectivity index (χ4n) is 3.48. The SMILES string of the molecule is Cn1ccnc1C(=O)c1ccc(NC(=O)C2CC(=O)N(c3ccc(F)cc3F)C2)cc1. The number of nitrogens with one attached hydrogen (secondary N) is 1. The van der Waals surface area contributed by atoms with Crippen LogP contribution in [0.15, 0.2) is 54.9 Å². The fourth-order valence-corrected chi connectivity index (χ4v) is 3.48. The number of anilines is 2. The van der Waals surface area contributed by atoms with Crippen LogP contribution in [0.2, 0.25) is 0 Å². The summed E-state index contributed by atoms with van der Waals surface area (Å²) in [5.41, 5.74) is 0.820. The van der Waals surface area contributed by atoms with Gasteiger partial charge >= 0.3 is 0 Å². The van der Waals surface area contributed by atoms with Gasteiger partial charge in [0.05, 0.1) is 11.6 Å². The van der Waals surface area contributed by atoms with Crippen LogP contribution in [0.5, 0.6) is 0 Å². The van der Waals surface area contributed by atoms with Crippen molar-refractivity contribution in [2.24, 2.45) is 13.0 Å². The van der Waals surface area contributed by atoms with Gasteiger partial charge in [-0.1, -0.05) is 0 Å². The van der Waals surface area contributed by atoms with Crippen molar-refractivity contribution in [1.82, 2.24) is 9.55 Å². The number of imidazole rings is 1. The minimum absolute atomic E-state index is 0.0110. The summed E-state index contributed by atoms with van der Waals surface area (Å²) in [5.74, 6) is -3.05. The molecule has 1 N–H and O–H groups in total. The first-order valence-electron chi connectivity index (χ1n) is 9.52. The Hall–Kier alpha value is -3.88. The number of carbonyl (C=O) groups is 3. The highest BCUT2D eigenvalue weighted by molar-refractivity contribution is 6.07. The molecule has 2 amide bonds. The highest BCUT2D eigenvalue weighted by Crippen LogP contribution is 2.28. The Morgan fingerprint density at radius 1 is 1.13 bits per heavy atom. The van der Waals surface area contributed by atoms with Gasteiger partial charge in [0.15, 0.2) is 5.82 Å². The molecule has 1 aromatic heterocycles. The Morgan fingerprint density at radius 3 is 2.52 bits per heavy atom. The average molecular weight is 424 g/mol. The van der Waals surface area contributed by atoms with Crippen molar-refractivity contribution in [2.45, 2.75) is 6.42 Å². The molecule has 1 saturated heterocycles. The summed E-state index contributed by atoms with van der Waals surface area (Å²) in [5, 5.41) is 2.71. The molecule has 0 spiro atoms. The third-order valence-electron chi connectivity index (χ3n) is 5.14. The van der Waals surface area contributed by atoms with Gasteiger partial charge in [0, 0.05) is 49.7 Å². The van der Waals surface area contributed by atoms with Gasteiger partial charge in [-0.2, -0.15) is 0 Å². The van der Waals surface area contributed by atoms with Gasteiger partial charge in [-0.3, -0.25) is 14.4 Å². The van der Waals surface area contributed by atoms with E-state index in [1.54, 1.807) is 42.1 Å². The zero-order valence-electron chi connectivity index (χ0n) is 16.5. The second-order valence-electron chi connectivity index (χ2n) is 7.26. The third-order valence-corrected chi connectivity index (χ3v) is 5.14. The highest BCUT2D eigenvalue weighted by Gasteiger charge is 2.36. The number of amides is 2. The number of hydrogen-bond donors (Lipinski definition) is 1. The molecule has 0 radical (unpaired) electrons. The smallest absolute Gasteiger partial charge is 0.229 e. The number of carbonyl (C=O) groups excluding carboxylic acids is 3. The Morgan fingerprint density at radius 2 is 1.87 bits per heavy atom. The van der Waals surface area contributed by atoms with E-state index < -0.39 is 29.4 Å². The van der Waals surface area contributed by atoms with Crippen LogP contribution in [0.25, 0.3) is 0 Å². The van der Waals surface area contributed by atoms with Crippen LogP contribution in [-0.4, -0.2) is 33.7 Å². The lowest BCUT2D eigenvalue weighted by Crippen LogP contribution is -2.28. The zero-order chi connectivity index (χ0) is 22.1. The fraction of sp³-hybridized carbons (Fsp3) is 0.182. The van der Waals surface area contributed by atoms with E-state index in [4.69, 9.17) is 0 Å². The molecule has 2 aromatic carbocycles. The molecular weight excluding hydrogens is 406 g/mol. The monoisotopic (exact) mass is 424 g/mol. The first-order valence-corrected chi connectivity index (χ1v) is 9.52. The molecule has 1 fully saturated rings. The van der Waals surface area contributed by atoms with E-state index in [9.17, 15) is 23.2 Å². The molecule has 4 rings (SSSR count). The number of aromatic nitrogens is 2. The molecule has 1 atom stereocenters. The summed E-state index contributed by atoms with van der Waals surface area (Å²) < 4.78 is 28.8. The lowest BCUT2D eigenvalue weighted by molar-refractivity contribution is -0.122. The molecule has 1 unspecified atom stereocenters. The van der Waals surface area contributed by atoms with E-state index >= 15 is 0 Å². The molecule has 1 aliphatic heterocycles. The van der Waals surface area contributed by atoms with Gasteiger partial charge < -0.3 is 14.8 Å². The van der Waals surface area contributed by atoms with Crippen molar-refractivity contribution in [2.75, 3.05) is 16.8 Å². The van der Waals surface area contributed by atoms with Crippen LogP contribution in [0.1, 0.15) is 22.6 Å². The largest absolute Gasteiger partial charge is 0.331 e. The van der Waals surface area contributed by atoms with Crippen LogP contribution in [0.4, 0.5) is 20.2 Å². The van der Waals surface area contributed by atoms with E-state index in [1.807, 2.05) is 0 Å². The van der Waals surface area contributed by atoms with E-state index in [-0.39, 0.29) is 24.4 Å². The zero-order valence-corrected chi connectivity index (χ0v) is 16.5. The summed E-state index contributed by atoms with van der Waals surface area (Å²) in [6.07, 6.45) is 3.12. The van der Waals surface area contributed by atoms with E-state index in [0.29, 0.717) is 23.1 Å². The molecule has 0 saturated carbocycles. The van der Waals surface area contributed by atoms with Crippen molar-refractivity contribution in [3.63, 3.8) is 0 Å². The number of nitrogens with zero attached hydrogens (tertiary/aromatic N) is 3. The van der Waals surface area contributed by atoms with Crippen molar-refractivity contribution < 1.29 is 23.2 Å². The predicted octanol–water partition coefficient (Wildman–Crippen LogP) is 2.92. The Balaban J connectivity index is 1.42. The first-order chi connectivity index (χ1) is 14.8. The van der Waals surface area contributed by atoms with Gasteiger partial charge in [-0.15, -0.1) is 0 Å². The van der Waals surface area contributed by atoms with Crippen LogP contribution in [-0.2, 0) is 16.6 Å². The maximum atomic E-state index is 14.0. The molecule has 2 heterocycles. The molecule has 158 valence electrons. The maximum Gasteiger partial charge on any atom is 0.229 e. The third kappa shape index (κ3) is 4.07. The van der Waals surface area contributed by atoms with Gasteiger partial charge in [0.25, 0.3) is 0 Å². The number of hydrogen-bond acceptors (Lipinski definition) is 4. The van der Waals surface area contributed by atoms with Crippen molar-refractivity contribution >= 4 is 29.0 Å². The molecule has 31 heavy (non-hydrogen) atoms. The number of benzene rings is 2. The molecule has 3 aromatic rings. The number of halogens is 2. The minimum atomic E-state index is -0.859. The van der Waals surface area contributed by atoms with E-state index in [1.165, 1.54) is 12.3 Å². The standard InChI is InChI=1S/C22H18F2N4O3/c1-27-9-8-25-21(27)20(30)13-2-5-16(6-3-13)26-22(31)14-10-19(29)28(12-14)18-7-4-15(23)11-17(18)24/h2-9,11,14H,10,12H2,1H3,(H,26,31). The molecule has 7 nitrogen and oxygen atoms in total. The Bertz CT molecular complexity index is 1170. The number of ketones is 1. The van der Waals surface area contributed by atoms with Crippen LogP contribution in [0, 0.1) is 17.6 Å². The van der Waals surface area contributed by atoms with Crippen LogP contribution >= 0.6 is 0 Å². The van der Waals surface area contributed by atoms with E-state index in [2.05, 4.69) is 10.3 Å². The lowest BCUT2D eigenvalue weighted by atomic mass is 10.1. The van der Waals surface area contributed by atoms with Crippen molar-refractivity contribution in [3.8, 4) is 0 Å². The van der Waals surface area contributed by atoms with Gasteiger partial charge in [-0.25, -0.2) is 13.8 Å². The predicted molar refractivity (Wildman–Crippen MR) is 109 cm³/mol. The van der Waals surface area contributed by atoms with Crippen LogP contribution < -0.4 is 10.2 Å². The number of aryl methyl sites for hydroxylation is 1. The van der Waals surface area contributed by atoms with Gasteiger partial charge in [0.2, 0.25) is 17.6 Å². The molecule has 1 aliphatic rings.